The smallest absolute Gasteiger partial charge is 0.302 e. The molecule has 7 rings (SSSR count). The number of benzene rings is 3. The molecule has 3 aliphatic heterocycles. The fourth-order valence-corrected chi connectivity index (χ4v) is 9.56. The first-order chi connectivity index (χ1) is 31.8. The van der Waals surface area contributed by atoms with Crippen molar-refractivity contribution >= 4 is 61.9 Å². The second kappa shape index (κ2) is 19.3. The fraction of sp³-hybridized carbons (Fsp3) is 0.490. The number of methoxy groups -OCH3 is 1. The standard InChI is InChI=1S/C49H61N5O13/c1-11-53-16-18-54(19-17-53)30-21-31(56)37-33(22-30)66-46-38(50-37)34-35-42(59)28(7)45-36(34)47(52-62)49(9,67-45)64-20-15-32(63-10)25(4)44(65-29(8)55)27(6)41(58)26(5)40(57)23(2)13-12-14-24(3)48(61)51-39(46)43(35)60/h12-15,20-23,25-27,32,40-41,44,52,57-59,62H,11,16-19H2,1-10H3,(H,51,61)/b13-12+,20-15+,24-14-/t23-,25+,26+,27+,32-,40-,41+,44+,49-/m0/s1. The van der Waals surface area contributed by atoms with Gasteiger partial charge < -0.3 is 53.8 Å². The Morgan fingerprint density at radius 2 is 1.69 bits per heavy atom. The quantitative estimate of drug-likeness (QED) is 0.0714. The normalized spacial score (nSPS) is 29.6. The minimum atomic E-state index is -1.89. The predicted molar refractivity (Wildman–Crippen MR) is 252 cm³/mol. The summed E-state index contributed by atoms with van der Waals surface area (Å²) in [4.78, 5) is 64.6. The first-order valence-corrected chi connectivity index (χ1v) is 22.6. The lowest BCUT2D eigenvalue weighted by Crippen LogP contribution is -2.46. The summed E-state index contributed by atoms with van der Waals surface area (Å²) < 4.78 is 30.8. The van der Waals surface area contributed by atoms with Crippen molar-refractivity contribution in [2.75, 3.05) is 50.1 Å². The number of aromatic hydroxyl groups is 1. The molecule has 1 amide bonds. The molecule has 9 atom stereocenters. The van der Waals surface area contributed by atoms with Crippen LogP contribution in [0.15, 0.2) is 62.3 Å². The molecule has 1 fully saturated rings. The Morgan fingerprint density at radius 3 is 2.33 bits per heavy atom. The molecule has 1 aromatic heterocycles. The van der Waals surface area contributed by atoms with Crippen molar-refractivity contribution in [3.8, 4) is 11.5 Å². The number of esters is 1. The summed E-state index contributed by atoms with van der Waals surface area (Å²) in [6.45, 7) is 18.6. The van der Waals surface area contributed by atoms with E-state index in [1.807, 2.05) is 0 Å². The number of phenolic OH excluding ortho intramolecular Hbond substituents is 1. The zero-order chi connectivity index (χ0) is 48.8. The Balaban J connectivity index is 1.49. The fourth-order valence-electron chi connectivity index (χ4n) is 9.56. The number of hydrogen-bond donors (Lipinski definition) is 6. The highest BCUT2D eigenvalue weighted by atomic mass is 16.7. The first-order valence-electron chi connectivity index (χ1n) is 22.6. The number of aliphatic hydroxyl groups excluding tert-OH is 2. The molecule has 0 unspecified atom stereocenters. The molecule has 67 heavy (non-hydrogen) atoms. The Labute approximate surface area is 387 Å². The molecule has 18 heteroatoms. The average Bonchev–Trinajstić information content (AvgIpc) is 3.61. The molecule has 0 radical (unpaired) electrons. The van der Waals surface area contributed by atoms with Crippen molar-refractivity contribution in [3.63, 3.8) is 0 Å². The highest BCUT2D eigenvalue weighted by Crippen LogP contribution is 2.42. The number of likely N-dealkylation sites (N-methyl/N-ethyl adjacent to an activating group) is 1. The van der Waals surface area contributed by atoms with Gasteiger partial charge in [-0.25, -0.2) is 4.98 Å². The predicted octanol–water partition coefficient (Wildman–Crippen LogP) is 4.12. The van der Waals surface area contributed by atoms with Gasteiger partial charge in [-0.2, -0.15) is 0 Å². The summed E-state index contributed by atoms with van der Waals surface area (Å²) in [6.07, 6.45) is 3.60. The van der Waals surface area contributed by atoms with Crippen LogP contribution in [0.2, 0.25) is 0 Å². The summed E-state index contributed by atoms with van der Waals surface area (Å²) in [5.41, 5.74) is 0.761. The number of nitrogens with one attached hydrogen (secondary N) is 2. The van der Waals surface area contributed by atoms with Gasteiger partial charge in [0.05, 0.1) is 35.2 Å². The van der Waals surface area contributed by atoms with E-state index in [0.717, 1.165) is 19.6 Å². The number of piperazine rings is 1. The molecule has 18 nitrogen and oxygen atoms in total. The second-order valence-corrected chi connectivity index (χ2v) is 18.1. The molecule has 360 valence electrons. The maximum atomic E-state index is 14.9. The van der Waals surface area contributed by atoms with E-state index >= 15 is 0 Å². The van der Waals surface area contributed by atoms with Crippen LogP contribution in [-0.2, 0) is 23.8 Å². The van der Waals surface area contributed by atoms with Crippen LogP contribution in [0.5, 0.6) is 11.5 Å². The SMILES string of the molecule is CCN1CCN(c2cc(=O)c3nc4c(oc3c2)c2c(=O)c3c(O)c(C)c5c(c34)=C(NO)[C@@](C)(O/C=C/[C@H](OC)[C@@H](C)[C@@H](OC(C)=O)[C@H](C)[C@H](O)[C@H](C)[C@@H](O)[C@@H](C)/C=C/C=C(/C)C(=O)N2)O5)CC1. The molecule has 5 bridgehead atoms. The number of aromatic nitrogens is 1. The summed E-state index contributed by atoms with van der Waals surface area (Å²) in [5.74, 6) is -6.27. The van der Waals surface area contributed by atoms with Crippen molar-refractivity contribution in [1.29, 1.82) is 0 Å². The molecular weight excluding hydrogens is 867 g/mol. The molecule has 0 saturated carbocycles. The minimum absolute atomic E-state index is 0.00299. The third-order valence-electron chi connectivity index (χ3n) is 13.8. The third-order valence-corrected chi connectivity index (χ3v) is 13.8. The molecule has 1 saturated heterocycles. The van der Waals surface area contributed by atoms with Crippen LogP contribution in [0.4, 0.5) is 11.4 Å². The van der Waals surface area contributed by atoms with E-state index in [4.69, 9.17) is 28.3 Å². The van der Waals surface area contributed by atoms with Gasteiger partial charge in [0.15, 0.2) is 16.7 Å². The summed E-state index contributed by atoms with van der Waals surface area (Å²) in [6, 6.07) is 3.14. The van der Waals surface area contributed by atoms with E-state index in [0.29, 0.717) is 18.8 Å². The number of fused-ring (bicyclic) bond motifs is 5. The van der Waals surface area contributed by atoms with Crippen molar-refractivity contribution in [1.82, 2.24) is 15.4 Å². The van der Waals surface area contributed by atoms with Gasteiger partial charge in [-0.3, -0.25) is 29.9 Å². The maximum Gasteiger partial charge on any atom is 0.302 e. The average molecular weight is 928 g/mol. The van der Waals surface area contributed by atoms with Gasteiger partial charge in [0.25, 0.3) is 11.7 Å². The number of aliphatic hydroxyl groups is 2. The van der Waals surface area contributed by atoms with Gasteiger partial charge in [0.2, 0.25) is 10.9 Å². The van der Waals surface area contributed by atoms with Crippen molar-refractivity contribution in [3.05, 3.63) is 79.5 Å². The number of ether oxygens (including phenoxy) is 4. The van der Waals surface area contributed by atoms with Crippen LogP contribution in [0, 0.1) is 30.6 Å². The van der Waals surface area contributed by atoms with E-state index in [1.54, 1.807) is 45.9 Å². The number of hydrogen-bond acceptors (Lipinski definition) is 17. The lowest BCUT2D eigenvalue weighted by atomic mass is 9.78. The third kappa shape index (κ3) is 8.95. The molecular formula is C49H61N5O13. The number of carbonyl (C=O) groups is 2. The monoisotopic (exact) mass is 927 g/mol. The Hall–Kier alpha value is -6.05. The van der Waals surface area contributed by atoms with Gasteiger partial charge in [0.1, 0.15) is 34.5 Å². The van der Waals surface area contributed by atoms with E-state index in [-0.39, 0.29) is 66.5 Å². The van der Waals surface area contributed by atoms with Gasteiger partial charge in [0, 0.05) is 105 Å². The van der Waals surface area contributed by atoms with Gasteiger partial charge in [-0.15, -0.1) is 0 Å². The molecule has 4 aromatic rings. The zero-order valence-electron chi connectivity index (χ0n) is 39.5. The number of allylic oxidation sites excluding steroid dienone is 2. The van der Waals surface area contributed by atoms with Crippen molar-refractivity contribution in [2.45, 2.75) is 92.5 Å². The number of anilines is 2. The highest BCUT2D eigenvalue weighted by molar-refractivity contribution is 6.17. The number of amides is 1. The van der Waals surface area contributed by atoms with Crippen LogP contribution in [0.1, 0.15) is 61.0 Å². The lowest BCUT2D eigenvalue weighted by molar-refractivity contribution is -0.160. The number of carbonyl (C=O) groups excluding carboxylic acids is 2. The van der Waals surface area contributed by atoms with Crippen molar-refractivity contribution < 1.29 is 53.5 Å². The zero-order valence-corrected chi connectivity index (χ0v) is 39.5. The molecule has 0 spiro atoms. The molecule has 4 heterocycles. The number of rotatable bonds is 5. The van der Waals surface area contributed by atoms with Crippen molar-refractivity contribution in [2.24, 2.45) is 23.7 Å². The number of hydroxylamine groups is 1. The minimum Gasteiger partial charge on any atom is -0.507 e. The van der Waals surface area contributed by atoms with Gasteiger partial charge in [-0.05, 0) is 26.5 Å². The molecule has 0 aliphatic carbocycles. The van der Waals surface area contributed by atoms with Crippen LogP contribution >= 0.6 is 0 Å². The summed E-state index contributed by atoms with van der Waals surface area (Å²) in [7, 11) is 1.45. The van der Waals surface area contributed by atoms with Crippen LogP contribution < -0.4 is 36.5 Å². The van der Waals surface area contributed by atoms with Crippen LogP contribution in [0.25, 0.3) is 38.7 Å². The largest absolute Gasteiger partial charge is 0.507 e. The molecule has 6 N–H and O–H groups in total. The summed E-state index contributed by atoms with van der Waals surface area (Å²) in [5, 5.41) is 48.3. The highest BCUT2D eigenvalue weighted by Gasteiger charge is 2.44. The molecule has 3 aliphatic rings. The number of phenols is 1. The van der Waals surface area contributed by atoms with E-state index in [1.165, 1.54) is 59.3 Å². The summed E-state index contributed by atoms with van der Waals surface area (Å²) >= 11 is 0. The van der Waals surface area contributed by atoms with E-state index < -0.39 is 82.4 Å². The number of nitrogens with zero attached hydrogens (tertiary/aromatic N) is 3. The van der Waals surface area contributed by atoms with Crippen LogP contribution in [-0.4, -0.2) is 112 Å². The van der Waals surface area contributed by atoms with E-state index in [9.17, 15) is 39.7 Å². The Bertz CT molecular complexity index is 2870. The van der Waals surface area contributed by atoms with Crippen LogP contribution in [0.3, 0.4) is 0 Å². The Morgan fingerprint density at radius 1 is 0.985 bits per heavy atom. The maximum absolute atomic E-state index is 14.9. The van der Waals surface area contributed by atoms with Gasteiger partial charge >= 0.3 is 5.97 Å². The molecule has 3 aromatic carbocycles. The topological polar surface area (TPSA) is 243 Å². The van der Waals surface area contributed by atoms with E-state index in [2.05, 4.69) is 27.5 Å². The first kappa shape index (κ1) is 48.9. The lowest BCUT2D eigenvalue weighted by Gasteiger charge is -2.38. The second-order valence-electron chi connectivity index (χ2n) is 18.1. The van der Waals surface area contributed by atoms with Gasteiger partial charge in [-0.1, -0.05) is 52.8 Å². The Kier molecular flexibility index (Phi) is 14.1.